The van der Waals surface area contributed by atoms with Crippen molar-refractivity contribution in [3.05, 3.63) is 11.6 Å². The zero-order valence-electron chi connectivity index (χ0n) is 14.4. The van der Waals surface area contributed by atoms with Gasteiger partial charge in [-0.25, -0.2) is 0 Å². The maximum Gasteiger partial charge on any atom is 0.257 e. The Morgan fingerprint density at radius 1 is 1.32 bits per heavy atom. The Balaban J connectivity index is 2.66. The van der Waals surface area contributed by atoms with Gasteiger partial charge in [0, 0.05) is 30.7 Å². The summed E-state index contributed by atoms with van der Waals surface area (Å²) in [6, 6.07) is 0.0548. The predicted octanol–water partition coefficient (Wildman–Crippen LogP) is 2.41. The fourth-order valence-electron chi connectivity index (χ4n) is 2.57. The van der Waals surface area contributed by atoms with Crippen LogP contribution in [0.15, 0.2) is 11.6 Å². The lowest BCUT2D eigenvalue weighted by Crippen LogP contribution is -2.38. The SMILES string of the molecule is CCCCC(C)(C)C1=CC(=O)N(CCC(=O)NC(C)C)C1=O. The fraction of sp³-hybridized carbons (Fsp3) is 0.706. The summed E-state index contributed by atoms with van der Waals surface area (Å²) in [7, 11) is 0. The highest BCUT2D eigenvalue weighted by Crippen LogP contribution is 2.36. The first-order valence-electron chi connectivity index (χ1n) is 8.06. The molecule has 0 radical (unpaired) electrons. The molecule has 1 rings (SSSR count). The van der Waals surface area contributed by atoms with Crippen molar-refractivity contribution in [3.8, 4) is 0 Å². The van der Waals surface area contributed by atoms with Crippen LogP contribution in [0.2, 0.25) is 0 Å². The van der Waals surface area contributed by atoms with Gasteiger partial charge in [0.1, 0.15) is 0 Å². The Morgan fingerprint density at radius 2 is 1.95 bits per heavy atom. The highest BCUT2D eigenvalue weighted by atomic mass is 16.2. The molecule has 0 aromatic carbocycles. The number of amides is 3. The molecule has 0 fully saturated rings. The first kappa shape index (κ1) is 18.4. The van der Waals surface area contributed by atoms with Crippen LogP contribution in [-0.4, -0.2) is 35.2 Å². The third-order valence-electron chi connectivity index (χ3n) is 3.91. The van der Waals surface area contributed by atoms with Gasteiger partial charge in [0.15, 0.2) is 0 Å². The Labute approximate surface area is 133 Å². The van der Waals surface area contributed by atoms with E-state index in [2.05, 4.69) is 12.2 Å². The van der Waals surface area contributed by atoms with Crippen LogP contribution in [0.4, 0.5) is 0 Å². The molecule has 22 heavy (non-hydrogen) atoms. The van der Waals surface area contributed by atoms with Crippen LogP contribution < -0.4 is 5.32 Å². The molecule has 3 amide bonds. The van der Waals surface area contributed by atoms with Crippen LogP contribution in [0, 0.1) is 5.41 Å². The summed E-state index contributed by atoms with van der Waals surface area (Å²) in [5.41, 5.74) is 0.257. The third-order valence-corrected chi connectivity index (χ3v) is 3.91. The van der Waals surface area contributed by atoms with Gasteiger partial charge in [-0.15, -0.1) is 0 Å². The molecule has 5 nitrogen and oxygen atoms in total. The number of hydrogen-bond donors (Lipinski definition) is 1. The predicted molar refractivity (Wildman–Crippen MR) is 86.0 cm³/mol. The topological polar surface area (TPSA) is 66.5 Å². The lowest BCUT2D eigenvalue weighted by molar-refractivity contribution is -0.138. The van der Waals surface area contributed by atoms with Crippen LogP contribution in [0.3, 0.4) is 0 Å². The van der Waals surface area contributed by atoms with Crippen molar-refractivity contribution in [3.63, 3.8) is 0 Å². The highest BCUT2D eigenvalue weighted by molar-refractivity contribution is 6.16. The number of hydrogen-bond acceptors (Lipinski definition) is 3. The summed E-state index contributed by atoms with van der Waals surface area (Å²) in [5, 5.41) is 2.76. The van der Waals surface area contributed by atoms with E-state index in [0.29, 0.717) is 5.57 Å². The van der Waals surface area contributed by atoms with Gasteiger partial charge in [0.2, 0.25) is 5.91 Å². The van der Waals surface area contributed by atoms with Gasteiger partial charge >= 0.3 is 0 Å². The van der Waals surface area contributed by atoms with Gasteiger partial charge in [0.05, 0.1) is 0 Å². The second-order valence-electron chi connectivity index (χ2n) is 6.81. The van der Waals surface area contributed by atoms with Crippen LogP contribution in [0.25, 0.3) is 0 Å². The second kappa shape index (κ2) is 7.56. The fourth-order valence-corrected chi connectivity index (χ4v) is 2.57. The Kier molecular flexibility index (Phi) is 6.33. The van der Waals surface area contributed by atoms with Crippen molar-refractivity contribution >= 4 is 17.7 Å². The van der Waals surface area contributed by atoms with E-state index in [9.17, 15) is 14.4 Å². The molecule has 0 aromatic heterocycles. The summed E-state index contributed by atoms with van der Waals surface area (Å²) in [4.78, 5) is 37.4. The number of rotatable bonds is 8. The zero-order chi connectivity index (χ0) is 16.9. The summed E-state index contributed by atoms with van der Waals surface area (Å²) < 4.78 is 0. The van der Waals surface area contributed by atoms with Crippen LogP contribution >= 0.6 is 0 Å². The van der Waals surface area contributed by atoms with Crippen LogP contribution in [-0.2, 0) is 14.4 Å². The largest absolute Gasteiger partial charge is 0.354 e. The molecule has 0 saturated heterocycles. The van der Waals surface area contributed by atoms with Crippen LogP contribution in [0.1, 0.15) is 60.3 Å². The molecule has 124 valence electrons. The molecule has 1 N–H and O–H groups in total. The van der Waals surface area contributed by atoms with E-state index in [0.717, 1.165) is 19.3 Å². The third kappa shape index (κ3) is 4.68. The number of nitrogens with one attached hydrogen (secondary N) is 1. The molecule has 1 aliphatic heterocycles. The van der Waals surface area contributed by atoms with Crippen molar-refractivity contribution in [1.29, 1.82) is 0 Å². The molecule has 5 heteroatoms. The minimum atomic E-state index is -0.308. The van der Waals surface area contributed by atoms with Gasteiger partial charge in [-0.3, -0.25) is 19.3 Å². The number of carbonyl (C=O) groups is 3. The molecule has 0 atom stereocenters. The van der Waals surface area contributed by atoms with Crippen molar-refractivity contribution in [2.24, 2.45) is 5.41 Å². The maximum absolute atomic E-state index is 12.5. The normalized spacial score (nSPS) is 15.5. The van der Waals surface area contributed by atoms with Crippen molar-refractivity contribution in [2.75, 3.05) is 6.54 Å². The molecule has 0 spiro atoms. The number of carbonyl (C=O) groups excluding carboxylic acids is 3. The molecule has 0 aromatic rings. The number of imide groups is 1. The average Bonchev–Trinajstić information content (AvgIpc) is 2.69. The summed E-state index contributed by atoms with van der Waals surface area (Å²) in [6.45, 7) is 9.98. The van der Waals surface area contributed by atoms with E-state index in [1.54, 1.807) is 0 Å². The van der Waals surface area contributed by atoms with E-state index >= 15 is 0 Å². The average molecular weight is 308 g/mol. The minimum Gasteiger partial charge on any atom is -0.354 e. The van der Waals surface area contributed by atoms with E-state index < -0.39 is 0 Å². The quantitative estimate of drug-likeness (QED) is 0.700. The molecule has 0 bridgehead atoms. The lowest BCUT2D eigenvalue weighted by Gasteiger charge is -2.26. The second-order valence-corrected chi connectivity index (χ2v) is 6.81. The molecule has 1 aliphatic rings. The van der Waals surface area contributed by atoms with Gasteiger partial charge in [-0.1, -0.05) is 33.6 Å². The van der Waals surface area contributed by atoms with Gasteiger partial charge in [0.25, 0.3) is 11.8 Å². The summed E-state index contributed by atoms with van der Waals surface area (Å²) in [6.07, 6.45) is 4.53. The first-order chi connectivity index (χ1) is 10.2. The number of nitrogens with zero attached hydrogens (tertiary/aromatic N) is 1. The van der Waals surface area contributed by atoms with Gasteiger partial charge in [-0.05, 0) is 25.7 Å². The van der Waals surface area contributed by atoms with Crippen molar-refractivity contribution < 1.29 is 14.4 Å². The number of unbranched alkanes of at least 4 members (excludes halogenated alkanes) is 1. The van der Waals surface area contributed by atoms with Crippen molar-refractivity contribution in [2.45, 2.75) is 66.3 Å². The standard InChI is InChI=1S/C17H28N2O3/c1-6-7-9-17(4,5)13-11-15(21)19(16(13)22)10-8-14(20)18-12(2)3/h11-12H,6-10H2,1-5H3,(H,18,20). The Morgan fingerprint density at radius 3 is 2.50 bits per heavy atom. The van der Waals surface area contributed by atoms with Gasteiger partial charge in [-0.2, -0.15) is 0 Å². The Hall–Kier alpha value is -1.65. The smallest absolute Gasteiger partial charge is 0.257 e. The van der Waals surface area contributed by atoms with E-state index in [4.69, 9.17) is 0 Å². The minimum absolute atomic E-state index is 0.0548. The van der Waals surface area contributed by atoms with E-state index in [1.165, 1.54) is 11.0 Å². The molecule has 1 heterocycles. The van der Waals surface area contributed by atoms with Crippen molar-refractivity contribution in [1.82, 2.24) is 10.2 Å². The Bertz CT molecular complexity index is 478. The monoisotopic (exact) mass is 308 g/mol. The molecule has 0 unspecified atom stereocenters. The molecular formula is C17H28N2O3. The maximum atomic E-state index is 12.5. The first-order valence-corrected chi connectivity index (χ1v) is 8.06. The van der Waals surface area contributed by atoms with E-state index in [1.807, 2.05) is 27.7 Å². The van der Waals surface area contributed by atoms with E-state index in [-0.39, 0.29) is 42.1 Å². The zero-order valence-corrected chi connectivity index (χ0v) is 14.4. The molecular weight excluding hydrogens is 280 g/mol. The summed E-state index contributed by atoms with van der Waals surface area (Å²) >= 11 is 0. The molecule has 0 aliphatic carbocycles. The van der Waals surface area contributed by atoms with Crippen LogP contribution in [0.5, 0.6) is 0 Å². The highest BCUT2D eigenvalue weighted by Gasteiger charge is 2.38. The molecule has 0 saturated carbocycles. The summed E-state index contributed by atoms with van der Waals surface area (Å²) in [5.74, 6) is -0.695. The van der Waals surface area contributed by atoms with Gasteiger partial charge < -0.3 is 5.32 Å². The lowest BCUT2D eigenvalue weighted by atomic mass is 9.79.